The normalized spacial score (nSPS) is 26.4. The van der Waals surface area contributed by atoms with Crippen LogP contribution in [0.4, 0.5) is 22.0 Å². The van der Waals surface area contributed by atoms with Crippen LogP contribution in [0.3, 0.4) is 0 Å². The quantitative estimate of drug-likeness (QED) is 0.283. The molecule has 33 heavy (non-hydrogen) atoms. The minimum absolute atomic E-state index is 0.0375. The highest BCUT2D eigenvalue weighted by Crippen LogP contribution is 2.41. The van der Waals surface area contributed by atoms with E-state index in [2.05, 4.69) is 6.58 Å². The zero-order chi connectivity index (χ0) is 24.0. The van der Waals surface area contributed by atoms with Crippen LogP contribution in [0.2, 0.25) is 0 Å². The SMILES string of the molecule is C=CCOc1ccc(C(F)(F)OC2CCC(C3CCC(OCC)CC3)OC2)c(F)c1C(F)F. The predicted octanol–water partition coefficient (Wildman–Crippen LogP) is 6.54. The Kier molecular flexibility index (Phi) is 9.12. The molecule has 0 spiro atoms. The van der Waals surface area contributed by atoms with Gasteiger partial charge in [0, 0.05) is 6.61 Å². The summed E-state index contributed by atoms with van der Waals surface area (Å²) in [6.07, 6.45) is -2.21. The molecule has 2 aliphatic rings. The molecule has 4 nitrogen and oxygen atoms in total. The van der Waals surface area contributed by atoms with E-state index in [1.165, 1.54) is 6.08 Å². The molecule has 2 fully saturated rings. The molecule has 0 amide bonds. The fraction of sp³-hybridized carbons (Fsp3) is 0.667. The largest absolute Gasteiger partial charge is 0.489 e. The lowest BCUT2D eigenvalue weighted by molar-refractivity contribution is -0.291. The maximum absolute atomic E-state index is 14.8. The van der Waals surface area contributed by atoms with Crippen LogP contribution in [0.15, 0.2) is 24.8 Å². The first-order valence-electron chi connectivity index (χ1n) is 11.4. The Morgan fingerprint density at radius 3 is 2.39 bits per heavy atom. The van der Waals surface area contributed by atoms with Crippen LogP contribution in [0.5, 0.6) is 5.75 Å². The van der Waals surface area contributed by atoms with Crippen molar-refractivity contribution in [1.29, 1.82) is 0 Å². The number of benzene rings is 1. The number of ether oxygens (including phenoxy) is 4. The Labute approximate surface area is 191 Å². The molecule has 3 rings (SSSR count). The third-order valence-electron chi connectivity index (χ3n) is 6.26. The summed E-state index contributed by atoms with van der Waals surface area (Å²) in [7, 11) is 0. The predicted molar refractivity (Wildman–Crippen MR) is 112 cm³/mol. The molecule has 2 unspecified atom stereocenters. The standard InChI is InChI=1S/C24H31F5O4/c1-3-13-31-20-12-10-18(22(25)21(20)23(26)27)24(28,29)33-17-9-11-19(32-14-17)15-5-7-16(8-6-15)30-4-2/h3,10,12,15-17,19,23H,1,4-9,11,13-14H2,2H3. The highest BCUT2D eigenvalue weighted by Gasteiger charge is 2.43. The Morgan fingerprint density at radius 1 is 1.12 bits per heavy atom. The molecule has 1 saturated heterocycles. The van der Waals surface area contributed by atoms with Crippen LogP contribution in [-0.2, 0) is 20.3 Å². The first-order chi connectivity index (χ1) is 15.8. The zero-order valence-corrected chi connectivity index (χ0v) is 18.7. The van der Waals surface area contributed by atoms with Gasteiger partial charge in [0.25, 0.3) is 6.43 Å². The number of hydrogen-bond acceptors (Lipinski definition) is 4. The minimum Gasteiger partial charge on any atom is -0.489 e. The van der Waals surface area contributed by atoms with Crippen molar-refractivity contribution < 1.29 is 40.9 Å². The van der Waals surface area contributed by atoms with Crippen LogP contribution in [0.25, 0.3) is 0 Å². The average Bonchev–Trinajstić information content (AvgIpc) is 2.78. The van der Waals surface area contributed by atoms with Crippen LogP contribution in [0.1, 0.15) is 63.0 Å². The van der Waals surface area contributed by atoms with Gasteiger partial charge in [-0.05, 0) is 63.5 Å². The third-order valence-corrected chi connectivity index (χ3v) is 6.26. The molecule has 1 heterocycles. The van der Waals surface area contributed by atoms with Gasteiger partial charge in [-0.25, -0.2) is 13.2 Å². The van der Waals surface area contributed by atoms with Gasteiger partial charge in [0.15, 0.2) is 0 Å². The lowest BCUT2D eigenvalue weighted by atomic mass is 9.81. The summed E-state index contributed by atoms with van der Waals surface area (Å²) < 4.78 is 92.3. The Balaban J connectivity index is 1.60. The van der Waals surface area contributed by atoms with Gasteiger partial charge in [0.2, 0.25) is 0 Å². The first-order valence-corrected chi connectivity index (χ1v) is 11.4. The average molecular weight is 478 g/mol. The van der Waals surface area contributed by atoms with E-state index in [0.717, 1.165) is 31.7 Å². The van der Waals surface area contributed by atoms with Gasteiger partial charge in [0.1, 0.15) is 18.2 Å². The van der Waals surface area contributed by atoms with Crippen LogP contribution in [-0.4, -0.2) is 38.1 Å². The van der Waals surface area contributed by atoms with E-state index < -0.39 is 41.3 Å². The fourth-order valence-corrected chi connectivity index (χ4v) is 4.63. The van der Waals surface area contributed by atoms with Crippen LogP contribution in [0, 0.1) is 11.7 Å². The molecule has 1 aliphatic heterocycles. The second kappa shape index (κ2) is 11.6. The van der Waals surface area contributed by atoms with Crippen molar-refractivity contribution in [2.45, 2.75) is 76.3 Å². The van der Waals surface area contributed by atoms with Gasteiger partial charge in [-0.15, -0.1) is 0 Å². The van der Waals surface area contributed by atoms with E-state index in [0.29, 0.717) is 31.4 Å². The smallest absolute Gasteiger partial charge is 0.386 e. The third kappa shape index (κ3) is 6.45. The Morgan fingerprint density at radius 2 is 1.82 bits per heavy atom. The lowest BCUT2D eigenvalue weighted by Crippen LogP contribution is -2.40. The highest BCUT2D eigenvalue weighted by atomic mass is 19.3. The van der Waals surface area contributed by atoms with E-state index in [9.17, 15) is 22.0 Å². The lowest BCUT2D eigenvalue weighted by Gasteiger charge is -2.38. The number of halogens is 5. The summed E-state index contributed by atoms with van der Waals surface area (Å²) >= 11 is 0. The topological polar surface area (TPSA) is 36.9 Å². The summed E-state index contributed by atoms with van der Waals surface area (Å²) in [6, 6.07) is 1.61. The molecule has 0 N–H and O–H groups in total. The maximum atomic E-state index is 14.8. The van der Waals surface area contributed by atoms with Crippen molar-refractivity contribution in [2.24, 2.45) is 5.92 Å². The van der Waals surface area contributed by atoms with E-state index in [1.807, 2.05) is 6.92 Å². The first kappa shape index (κ1) is 25.9. The molecule has 0 radical (unpaired) electrons. The van der Waals surface area contributed by atoms with Crippen molar-refractivity contribution in [3.8, 4) is 5.75 Å². The Bertz CT molecular complexity index is 772. The summed E-state index contributed by atoms with van der Waals surface area (Å²) in [5.74, 6) is -1.90. The van der Waals surface area contributed by atoms with Gasteiger partial charge in [-0.1, -0.05) is 12.7 Å². The molecule has 9 heteroatoms. The summed E-state index contributed by atoms with van der Waals surface area (Å²) in [4.78, 5) is 0. The summed E-state index contributed by atoms with van der Waals surface area (Å²) in [5, 5.41) is 0. The number of alkyl halides is 4. The molecule has 186 valence electrons. The maximum Gasteiger partial charge on any atom is 0.386 e. The van der Waals surface area contributed by atoms with Crippen LogP contribution >= 0.6 is 0 Å². The molecule has 1 aromatic carbocycles. The van der Waals surface area contributed by atoms with E-state index in [4.69, 9.17) is 18.9 Å². The molecular formula is C24H31F5O4. The molecular weight excluding hydrogens is 447 g/mol. The minimum atomic E-state index is -4.10. The van der Waals surface area contributed by atoms with Gasteiger partial charge < -0.3 is 18.9 Å². The van der Waals surface area contributed by atoms with Gasteiger partial charge in [-0.3, -0.25) is 0 Å². The molecule has 1 aliphatic carbocycles. The van der Waals surface area contributed by atoms with Crippen LogP contribution < -0.4 is 4.74 Å². The van der Waals surface area contributed by atoms with Gasteiger partial charge >= 0.3 is 6.11 Å². The highest BCUT2D eigenvalue weighted by molar-refractivity contribution is 5.41. The van der Waals surface area contributed by atoms with Gasteiger partial charge in [0.05, 0.1) is 36.0 Å². The number of rotatable bonds is 10. The molecule has 2 atom stereocenters. The van der Waals surface area contributed by atoms with Crippen molar-refractivity contribution in [3.05, 3.63) is 41.7 Å². The van der Waals surface area contributed by atoms with Crippen molar-refractivity contribution in [2.75, 3.05) is 19.8 Å². The summed E-state index contributed by atoms with van der Waals surface area (Å²) in [5.41, 5.74) is -2.47. The van der Waals surface area contributed by atoms with Crippen molar-refractivity contribution in [1.82, 2.24) is 0 Å². The monoisotopic (exact) mass is 478 g/mol. The van der Waals surface area contributed by atoms with Crippen molar-refractivity contribution in [3.63, 3.8) is 0 Å². The second-order valence-corrected chi connectivity index (χ2v) is 8.44. The van der Waals surface area contributed by atoms with Gasteiger partial charge in [-0.2, -0.15) is 8.78 Å². The Hall–Kier alpha value is -1.71. The molecule has 1 aromatic rings. The summed E-state index contributed by atoms with van der Waals surface area (Å²) in [6.45, 7) is 5.81. The molecule has 0 aromatic heterocycles. The zero-order valence-electron chi connectivity index (χ0n) is 18.7. The molecule has 0 bridgehead atoms. The van der Waals surface area contributed by atoms with E-state index in [-0.39, 0.29) is 25.4 Å². The second-order valence-electron chi connectivity index (χ2n) is 8.44. The van der Waals surface area contributed by atoms with Crippen molar-refractivity contribution >= 4 is 0 Å². The molecule has 1 saturated carbocycles. The van der Waals surface area contributed by atoms with E-state index in [1.54, 1.807) is 0 Å². The fourth-order valence-electron chi connectivity index (χ4n) is 4.63. The van der Waals surface area contributed by atoms with E-state index >= 15 is 0 Å². The number of hydrogen-bond donors (Lipinski definition) is 0.